The van der Waals surface area contributed by atoms with Gasteiger partial charge in [0.1, 0.15) is 0 Å². The Hall–Kier alpha value is -6.38. The third-order valence-electron chi connectivity index (χ3n) is 8.85. The van der Waals surface area contributed by atoms with E-state index in [4.69, 9.17) is 0 Å². The van der Waals surface area contributed by atoms with Gasteiger partial charge in [0.2, 0.25) is 0 Å². The Balaban J connectivity index is 1.14. The van der Waals surface area contributed by atoms with Crippen LogP contribution in [0.1, 0.15) is 0 Å². The van der Waals surface area contributed by atoms with Crippen LogP contribution in [-0.2, 0) is 0 Å². The molecule has 0 radical (unpaired) electrons. The van der Waals surface area contributed by atoms with Crippen molar-refractivity contribution in [1.82, 2.24) is 0 Å². The predicted molar refractivity (Wildman–Crippen MR) is 204 cm³/mol. The van der Waals surface area contributed by atoms with Gasteiger partial charge < -0.3 is 9.80 Å². The standard InChI is InChI=1S/C46H34N2/c1-5-15-37(16-6-1)47(38-17-7-2-8-18-38)41-29-25-35(26-30-41)43-33-34-44(46-24-14-13-23-45(43)46)36-27-31-42(32-28-36)48(39-19-9-3-10-20-39)40-21-11-4-12-22-40/h1-34H. The summed E-state index contributed by atoms with van der Waals surface area (Å²) in [7, 11) is 0. The molecule has 8 aromatic rings. The van der Waals surface area contributed by atoms with Crippen molar-refractivity contribution in [3.63, 3.8) is 0 Å². The second-order valence-electron chi connectivity index (χ2n) is 11.8. The zero-order chi connectivity index (χ0) is 32.1. The third-order valence-corrected chi connectivity index (χ3v) is 8.85. The minimum atomic E-state index is 1.12. The van der Waals surface area contributed by atoms with Gasteiger partial charge in [-0.05, 0) is 106 Å². The maximum absolute atomic E-state index is 2.30. The van der Waals surface area contributed by atoms with E-state index in [1.165, 1.54) is 33.0 Å². The largest absolute Gasteiger partial charge is 0.311 e. The van der Waals surface area contributed by atoms with Crippen LogP contribution in [-0.4, -0.2) is 0 Å². The number of hydrogen-bond donors (Lipinski definition) is 0. The molecule has 0 saturated carbocycles. The first-order chi connectivity index (χ1) is 23.8. The predicted octanol–water partition coefficient (Wildman–Crippen LogP) is 13.1. The van der Waals surface area contributed by atoms with Gasteiger partial charge in [-0.25, -0.2) is 0 Å². The molecule has 8 rings (SSSR count). The molecule has 0 spiro atoms. The van der Waals surface area contributed by atoms with E-state index >= 15 is 0 Å². The molecule has 2 heteroatoms. The molecule has 0 aliphatic heterocycles. The van der Waals surface area contributed by atoms with Crippen molar-refractivity contribution in [3.05, 3.63) is 206 Å². The van der Waals surface area contributed by atoms with Crippen LogP contribution in [0.25, 0.3) is 33.0 Å². The number of rotatable bonds is 8. The molecule has 0 atom stereocenters. The van der Waals surface area contributed by atoms with Gasteiger partial charge in [-0.3, -0.25) is 0 Å². The Bertz CT molecular complexity index is 2000. The SMILES string of the molecule is c1ccc(N(c2ccccc2)c2ccc(-c3ccc(-c4ccc(N(c5ccccc5)c5ccccc5)cc4)c4ccccc34)cc2)cc1. The molecular formula is C46H34N2. The van der Waals surface area contributed by atoms with E-state index in [2.05, 4.69) is 216 Å². The lowest BCUT2D eigenvalue weighted by Crippen LogP contribution is -2.09. The van der Waals surface area contributed by atoms with Gasteiger partial charge >= 0.3 is 0 Å². The first-order valence-electron chi connectivity index (χ1n) is 16.4. The highest BCUT2D eigenvalue weighted by Crippen LogP contribution is 2.40. The molecule has 0 unspecified atom stereocenters. The number of anilines is 6. The molecule has 0 aromatic heterocycles. The van der Waals surface area contributed by atoms with Gasteiger partial charge in [-0.1, -0.05) is 133 Å². The molecule has 0 saturated heterocycles. The first-order valence-corrected chi connectivity index (χ1v) is 16.4. The summed E-state index contributed by atoms with van der Waals surface area (Å²) in [5.74, 6) is 0. The second-order valence-corrected chi connectivity index (χ2v) is 11.8. The van der Waals surface area contributed by atoms with Crippen LogP contribution in [0.4, 0.5) is 34.1 Å². The highest BCUT2D eigenvalue weighted by atomic mass is 15.1. The monoisotopic (exact) mass is 614 g/mol. The number of nitrogens with zero attached hydrogens (tertiary/aromatic N) is 2. The van der Waals surface area contributed by atoms with E-state index in [1.807, 2.05) is 0 Å². The summed E-state index contributed by atoms with van der Waals surface area (Å²) in [4.78, 5) is 4.59. The Morgan fingerprint density at radius 3 is 0.750 bits per heavy atom. The van der Waals surface area contributed by atoms with Crippen LogP contribution >= 0.6 is 0 Å². The highest BCUT2D eigenvalue weighted by molar-refractivity contribution is 6.05. The van der Waals surface area contributed by atoms with Crippen molar-refractivity contribution in [2.75, 3.05) is 9.80 Å². The fraction of sp³-hybridized carbons (Fsp3) is 0. The lowest BCUT2D eigenvalue weighted by Gasteiger charge is -2.25. The Kier molecular flexibility index (Phi) is 7.96. The van der Waals surface area contributed by atoms with E-state index in [0.717, 1.165) is 34.1 Å². The van der Waals surface area contributed by atoms with Crippen LogP contribution in [0.15, 0.2) is 206 Å². The number of benzene rings is 8. The van der Waals surface area contributed by atoms with Crippen molar-refractivity contribution in [1.29, 1.82) is 0 Å². The zero-order valence-corrected chi connectivity index (χ0v) is 26.5. The maximum Gasteiger partial charge on any atom is 0.0462 e. The van der Waals surface area contributed by atoms with Crippen LogP contribution in [0, 0.1) is 0 Å². The summed E-state index contributed by atoms with van der Waals surface area (Å²) < 4.78 is 0. The Morgan fingerprint density at radius 1 is 0.208 bits per heavy atom. The minimum absolute atomic E-state index is 1.12. The molecule has 48 heavy (non-hydrogen) atoms. The zero-order valence-electron chi connectivity index (χ0n) is 26.5. The number of fused-ring (bicyclic) bond motifs is 1. The van der Waals surface area contributed by atoms with E-state index in [-0.39, 0.29) is 0 Å². The van der Waals surface area contributed by atoms with Gasteiger partial charge in [0.05, 0.1) is 0 Å². The molecule has 228 valence electrons. The highest BCUT2D eigenvalue weighted by Gasteiger charge is 2.15. The van der Waals surface area contributed by atoms with Gasteiger partial charge in [0.15, 0.2) is 0 Å². The summed E-state index contributed by atoms with van der Waals surface area (Å²) in [6, 6.07) is 73.3. The Labute approximate surface area is 282 Å². The summed E-state index contributed by atoms with van der Waals surface area (Å²) in [5, 5.41) is 2.48. The van der Waals surface area contributed by atoms with E-state index < -0.39 is 0 Å². The molecule has 0 N–H and O–H groups in total. The molecular weight excluding hydrogens is 581 g/mol. The van der Waals surface area contributed by atoms with Gasteiger partial charge in [0.25, 0.3) is 0 Å². The first kappa shape index (κ1) is 29.1. The number of para-hydroxylation sites is 4. The van der Waals surface area contributed by atoms with Crippen molar-refractivity contribution in [2.45, 2.75) is 0 Å². The molecule has 0 aliphatic carbocycles. The van der Waals surface area contributed by atoms with Crippen molar-refractivity contribution >= 4 is 44.9 Å². The summed E-state index contributed by atoms with van der Waals surface area (Å²) >= 11 is 0. The molecule has 0 fully saturated rings. The average Bonchev–Trinajstić information content (AvgIpc) is 3.17. The molecule has 8 aromatic carbocycles. The molecule has 0 aliphatic rings. The van der Waals surface area contributed by atoms with Gasteiger partial charge in [0, 0.05) is 34.1 Å². The van der Waals surface area contributed by atoms with Gasteiger partial charge in [-0.2, -0.15) is 0 Å². The maximum atomic E-state index is 2.30. The summed E-state index contributed by atoms with van der Waals surface area (Å²) in [6.07, 6.45) is 0. The van der Waals surface area contributed by atoms with Crippen molar-refractivity contribution in [3.8, 4) is 22.3 Å². The fourth-order valence-electron chi connectivity index (χ4n) is 6.59. The minimum Gasteiger partial charge on any atom is -0.311 e. The Morgan fingerprint density at radius 2 is 0.458 bits per heavy atom. The molecule has 0 amide bonds. The second kappa shape index (κ2) is 13.2. The smallest absolute Gasteiger partial charge is 0.0462 e. The van der Waals surface area contributed by atoms with Gasteiger partial charge in [-0.15, -0.1) is 0 Å². The molecule has 0 heterocycles. The van der Waals surface area contributed by atoms with E-state index in [9.17, 15) is 0 Å². The van der Waals surface area contributed by atoms with Crippen LogP contribution in [0.3, 0.4) is 0 Å². The average molecular weight is 615 g/mol. The van der Waals surface area contributed by atoms with Crippen LogP contribution in [0.5, 0.6) is 0 Å². The molecule has 2 nitrogen and oxygen atoms in total. The topological polar surface area (TPSA) is 6.48 Å². The lowest BCUT2D eigenvalue weighted by atomic mass is 9.92. The number of hydrogen-bond acceptors (Lipinski definition) is 2. The summed E-state index contributed by atoms with van der Waals surface area (Å²) in [5.41, 5.74) is 11.6. The van der Waals surface area contributed by atoms with Crippen molar-refractivity contribution in [2.24, 2.45) is 0 Å². The molecule has 0 bridgehead atoms. The van der Waals surface area contributed by atoms with E-state index in [0.29, 0.717) is 0 Å². The fourth-order valence-corrected chi connectivity index (χ4v) is 6.59. The summed E-state index contributed by atoms with van der Waals surface area (Å²) in [6.45, 7) is 0. The lowest BCUT2D eigenvalue weighted by molar-refractivity contribution is 1.28. The van der Waals surface area contributed by atoms with Crippen LogP contribution in [0.2, 0.25) is 0 Å². The third kappa shape index (κ3) is 5.72. The normalized spacial score (nSPS) is 10.9. The quantitative estimate of drug-likeness (QED) is 0.168. The van der Waals surface area contributed by atoms with E-state index in [1.54, 1.807) is 0 Å². The van der Waals surface area contributed by atoms with Crippen LogP contribution < -0.4 is 9.80 Å². The van der Waals surface area contributed by atoms with Crippen molar-refractivity contribution < 1.29 is 0 Å².